The molecule has 1 aromatic carbocycles. The van der Waals surface area contributed by atoms with Gasteiger partial charge in [0.15, 0.2) is 0 Å². The molecule has 0 aliphatic carbocycles. The van der Waals surface area contributed by atoms with Gasteiger partial charge in [0.2, 0.25) is 5.88 Å². The van der Waals surface area contributed by atoms with Crippen molar-refractivity contribution in [1.29, 1.82) is 0 Å². The fraction of sp³-hybridized carbons (Fsp3) is 0.154. The van der Waals surface area contributed by atoms with Crippen LogP contribution < -0.4 is 4.74 Å². The Hall–Kier alpha value is -1.83. The first-order chi connectivity index (χ1) is 7.45. The maximum absolute atomic E-state index is 5.45. The minimum Gasteiger partial charge on any atom is -0.477 e. The zero-order valence-corrected chi connectivity index (χ0v) is 8.31. The highest BCUT2D eigenvalue weighted by Gasteiger charge is 2.17. The summed E-state index contributed by atoms with van der Waals surface area (Å²) in [5.41, 5.74) is 3.73. The molecule has 3 rings (SSSR count). The minimum absolute atomic E-state index is 0.756. The monoisotopic (exact) mass is 197 g/mol. The standard InChI is InChI=1S/C13H11NO/c1-2-4-10(5-3-1)11-6-8-14-13-12(11)7-9-15-13/h1-6,8H,7,9H2. The smallest absolute Gasteiger partial charge is 0.217 e. The Morgan fingerprint density at radius 1 is 1.07 bits per heavy atom. The largest absolute Gasteiger partial charge is 0.477 e. The van der Waals surface area contributed by atoms with E-state index in [0.29, 0.717) is 0 Å². The predicted octanol–water partition coefficient (Wildman–Crippen LogP) is 2.68. The van der Waals surface area contributed by atoms with Gasteiger partial charge in [0.25, 0.3) is 0 Å². The second-order valence-corrected chi connectivity index (χ2v) is 3.61. The molecule has 0 bridgehead atoms. The Bertz CT molecular complexity index is 479. The van der Waals surface area contributed by atoms with Gasteiger partial charge in [-0.3, -0.25) is 0 Å². The molecule has 0 radical (unpaired) electrons. The molecule has 2 heterocycles. The second kappa shape index (κ2) is 3.39. The van der Waals surface area contributed by atoms with Crippen molar-refractivity contribution >= 4 is 0 Å². The zero-order valence-electron chi connectivity index (χ0n) is 8.31. The van der Waals surface area contributed by atoms with Crippen LogP contribution in [0, 0.1) is 0 Å². The summed E-state index contributed by atoms with van der Waals surface area (Å²) in [6.07, 6.45) is 2.78. The topological polar surface area (TPSA) is 22.1 Å². The molecule has 0 fully saturated rings. The fourth-order valence-corrected chi connectivity index (χ4v) is 1.98. The van der Waals surface area contributed by atoms with E-state index in [4.69, 9.17) is 4.74 Å². The summed E-state index contributed by atoms with van der Waals surface area (Å²) in [6, 6.07) is 12.4. The van der Waals surface area contributed by atoms with Crippen molar-refractivity contribution in [3.8, 4) is 17.0 Å². The third kappa shape index (κ3) is 1.38. The molecule has 15 heavy (non-hydrogen) atoms. The van der Waals surface area contributed by atoms with E-state index in [9.17, 15) is 0 Å². The summed E-state index contributed by atoms with van der Waals surface area (Å²) in [5, 5.41) is 0. The van der Waals surface area contributed by atoms with Gasteiger partial charge in [-0.2, -0.15) is 0 Å². The molecule has 2 nitrogen and oxygen atoms in total. The van der Waals surface area contributed by atoms with Gasteiger partial charge < -0.3 is 4.74 Å². The first-order valence-corrected chi connectivity index (χ1v) is 5.11. The van der Waals surface area contributed by atoms with Crippen molar-refractivity contribution in [3.63, 3.8) is 0 Å². The Kier molecular flexibility index (Phi) is 1.91. The number of ether oxygens (including phenoxy) is 1. The molecule has 0 N–H and O–H groups in total. The molecule has 0 spiro atoms. The summed E-state index contributed by atoms with van der Waals surface area (Å²) in [5.74, 6) is 0.802. The Morgan fingerprint density at radius 2 is 1.93 bits per heavy atom. The average Bonchev–Trinajstić information content (AvgIpc) is 2.78. The number of hydrogen-bond donors (Lipinski definition) is 0. The molecular weight excluding hydrogens is 186 g/mol. The van der Waals surface area contributed by atoms with E-state index in [1.165, 1.54) is 16.7 Å². The molecule has 0 saturated carbocycles. The van der Waals surface area contributed by atoms with Crippen LogP contribution in [-0.2, 0) is 6.42 Å². The highest BCUT2D eigenvalue weighted by Crippen LogP contribution is 2.32. The normalized spacial score (nSPS) is 13.3. The van der Waals surface area contributed by atoms with E-state index in [2.05, 4.69) is 35.3 Å². The number of rotatable bonds is 1. The summed E-state index contributed by atoms with van der Waals surface area (Å²) < 4.78 is 5.45. The predicted molar refractivity (Wildman–Crippen MR) is 58.9 cm³/mol. The number of pyridine rings is 1. The van der Waals surface area contributed by atoms with Gasteiger partial charge in [-0.05, 0) is 17.2 Å². The van der Waals surface area contributed by atoms with Crippen LogP contribution in [0.25, 0.3) is 11.1 Å². The van der Waals surface area contributed by atoms with Gasteiger partial charge in [-0.25, -0.2) is 4.98 Å². The van der Waals surface area contributed by atoms with Gasteiger partial charge >= 0.3 is 0 Å². The molecule has 0 unspecified atom stereocenters. The van der Waals surface area contributed by atoms with Crippen LogP contribution >= 0.6 is 0 Å². The first-order valence-electron chi connectivity index (χ1n) is 5.11. The lowest BCUT2D eigenvalue weighted by Gasteiger charge is -2.05. The van der Waals surface area contributed by atoms with Gasteiger partial charge in [-0.1, -0.05) is 30.3 Å². The van der Waals surface area contributed by atoms with E-state index in [1.807, 2.05) is 12.3 Å². The minimum atomic E-state index is 0.756. The van der Waals surface area contributed by atoms with Crippen molar-refractivity contribution in [3.05, 3.63) is 48.2 Å². The molecule has 74 valence electrons. The third-order valence-electron chi connectivity index (χ3n) is 2.69. The Balaban J connectivity index is 2.17. The summed E-state index contributed by atoms with van der Waals surface area (Å²) in [4.78, 5) is 4.22. The maximum atomic E-state index is 5.45. The molecule has 1 aromatic heterocycles. The number of benzene rings is 1. The van der Waals surface area contributed by atoms with E-state index in [1.54, 1.807) is 0 Å². The molecule has 2 heteroatoms. The summed E-state index contributed by atoms with van der Waals surface area (Å²) in [6.45, 7) is 0.756. The highest BCUT2D eigenvalue weighted by molar-refractivity contribution is 5.69. The van der Waals surface area contributed by atoms with Crippen LogP contribution in [0.15, 0.2) is 42.6 Å². The summed E-state index contributed by atoms with van der Waals surface area (Å²) in [7, 11) is 0. The van der Waals surface area contributed by atoms with Gasteiger partial charge in [-0.15, -0.1) is 0 Å². The number of nitrogens with zero attached hydrogens (tertiary/aromatic N) is 1. The van der Waals surface area contributed by atoms with Crippen molar-refractivity contribution in [2.75, 3.05) is 6.61 Å². The third-order valence-corrected chi connectivity index (χ3v) is 2.69. The molecule has 1 aliphatic rings. The molecule has 2 aromatic rings. The number of aromatic nitrogens is 1. The second-order valence-electron chi connectivity index (χ2n) is 3.61. The van der Waals surface area contributed by atoms with Crippen molar-refractivity contribution in [2.24, 2.45) is 0 Å². The molecule has 0 amide bonds. The van der Waals surface area contributed by atoms with Crippen molar-refractivity contribution in [2.45, 2.75) is 6.42 Å². The SMILES string of the molecule is c1ccc(-c2ccnc3c2CCO3)cc1. The Morgan fingerprint density at radius 3 is 2.80 bits per heavy atom. The quantitative estimate of drug-likeness (QED) is 0.701. The van der Waals surface area contributed by atoms with Crippen LogP contribution in [0.1, 0.15) is 5.56 Å². The van der Waals surface area contributed by atoms with Gasteiger partial charge in [0.1, 0.15) is 0 Å². The van der Waals surface area contributed by atoms with Gasteiger partial charge in [0.05, 0.1) is 6.61 Å². The molecule has 1 aliphatic heterocycles. The average molecular weight is 197 g/mol. The maximum Gasteiger partial charge on any atom is 0.217 e. The Labute approximate surface area is 88.5 Å². The molecule has 0 atom stereocenters. The number of hydrogen-bond acceptors (Lipinski definition) is 2. The molecule has 0 saturated heterocycles. The van der Waals surface area contributed by atoms with E-state index < -0.39 is 0 Å². The highest BCUT2D eigenvalue weighted by atomic mass is 16.5. The number of fused-ring (bicyclic) bond motifs is 1. The van der Waals surface area contributed by atoms with E-state index in [-0.39, 0.29) is 0 Å². The van der Waals surface area contributed by atoms with Crippen LogP contribution in [0.2, 0.25) is 0 Å². The first kappa shape index (κ1) is 8.48. The van der Waals surface area contributed by atoms with Crippen molar-refractivity contribution in [1.82, 2.24) is 4.98 Å². The van der Waals surface area contributed by atoms with E-state index >= 15 is 0 Å². The fourth-order valence-electron chi connectivity index (χ4n) is 1.98. The van der Waals surface area contributed by atoms with E-state index in [0.717, 1.165) is 18.9 Å². The van der Waals surface area contributed by atoms with Crippen molar-refractivity contribution < 1.29 is 4.74 Å². The van der Waals surface area contributed by atoms with Crippen LogP contribution in [0.5, 0.6) is 5.88 Å². The van der Waals surface area contributed by atoms with Crippen LogP contribution in [0.3, 0.4) is 0 Å². The van der Waals surface area contributed by atoms with Crippen LogP contribution in [-0.4, -0.2) is 11.6 Å². The molecular formula is C13H11NO. The lowest BCUT2D eigenvalue weighted by Crippen LogP contribution is -1.87. The van der Waals surface area contributed by atoms with Crippen LogP contribution in [0.4, 0.5) is 0 Å². The zero-order chi connectivity index (χ0) is 10.1. The lowest BCUT2D eigenvalue weighted by molar-refractivity contribution is 0.345. The lowest BCUT2D eigenvalue weighted by atomic mass is 10.0. The van der Waals surface area contributed by atoms with Gasteiger partial charge in [0, 0.05) is 18.2 Å². The summed E-state index contributed by atoms with van der Waals surface area (Å²) >= 11 is 0.